The van der Waals surface area contributed by atoms with E-state index in [2.05, 4.69) is 153 Å². The average Bonchev–Trinajstić information content (AvgIpc) is 3.49. The Balaban J connectivity index is 1.41. The molecule has 1 aliphatic carbocycles. The molecule has 1 fully saturated rings. The molecule has 5 aromatic rings. The summed E-state index contributed by atoms with van der Waals surface area (Å²) < 4.78 is 0. The van der Waals surface area contributed by atoms with E-state index < -0.39 is 15.8 Å². The van der Waals surface area contributed by atoms with Crippen LogP contribution >= 0.6 is 15.8 Å². The second-order valence-electron chi connectivity index (χ2n) is 10.6. The van der Waals surface area contributed by atoms with Gasteiger partial charge >= 0.3 is 0 Å². The zero-order valence-electron chi connectivity index (χ0n) is 22.6. The summed E-state index contributed by atoms with van der Waals surface area (Å²) >= 11 is 0. The molecule has 0 amide bonds. The Hall–Kier alpha value is -3.04. The van der Waals surface area contributed by atoms with Gasteiger partial charge in [-0.2, -0.15) is 0 Å². The van der Waals surface area contributed by atoms with E-state index in [1.54, 1.807) is 5.56 Å². The summed E-state index contributed by atoms with van der Waals surface area (Å²) in [7, 11) is -1.05. The van der Waals surface area contributed by atoms with Crippen molar-refractivity contribution in [3.05, 3.63) is 151 Å². The molecule has 0 aliphatic heterocycles. The van der Waals surface area contributed by atoms with Gasteiger partial charge in [-0.15, -0.1) is 0 Å². The third-order valence-corrected chi connectivity index (χ3v) is 13.8. The van der Waals surface area contributed by atoms with Gasteiger partial charge in [-0.1, -0.05) is 159 Å². The molecule has 0 aromatic heterocycles. The lowest BCUT2D eigenvalue weighted by atomic mass is 9.86. The summed E-state index contributed by atoms with van der Waals surface area (Å²) in [5.74, 6) is 1.17. The number of hydrogen-bond donors (Lipinski definition) is 0. The van der Waals surface area contributed by atoms with Crippen molar-refractivity contribution >= 4 is 42.4 Å². The highest BCUT2D eigenvalue weighted by atomic mass is 31.1. The monoisotopic (exact) mass is 542 g/mol. The van der Waals surface area contributed by atoms with Gasteiger partial charge in [0.25, 0.3) is 0 Å². The number of benzene rings is 5. The summed E-state index contributed by atoms with van der Waals surface area (Å²) in [6.45, 7) is 2.52. The van der Waals surface area contributed by atoms with Gasteiger partial charge < -0.3 is 0 Å². The maximum atomic E-state index is 2.52. The van der Waals surface area contributed by atoms with Crippen LogP contribution in [0.4, 0.5) is 0 Å². The van der Waals surface area contributed by atoms with Crippen LogP contribution in [0.2, 0.25) is 0 Å². The Bertz CT molecular complexity index is 1370. The Kier molecular flexibility index (Phi) is 8.35. The SMILES string of the molecule is C[C@@H](c1ccccc1P(c1ccccc1)c1ccccc1)C1CCCC1P(c1ccccc1)c1ccccc1. The highest BCUT2D eigenvalue weighted by Gasteiger charge is 2.39. The lowest BCUT2D eigenvalue weighted by molar-refractivity contribution is 0.469. The molecule has 39 heavy (non-hydrogen) atoms. The molecule has 1 aliphatic rings. The van der Waals surface area contributed by atoms with E-state index >= 15 is 0 Å². The molecule has 1 saturated carbocycles. The van der Waals surface area contributed by atoms with Gasteiger partial charge in [0.05, 0.1) is 0 Å². The highest BCUT2D eigenvalue weighted by Crippen LogP contribution is 2.54. The Morgan fingerprint density at radius 3 is 1.46 bits per heavy atom. The van der Waals surface area contributed by atoms with Crippen molar-refractivity contribution in [2.45, 2.75) is 37.8 Å². The Morgan fingerprint density at radius 1 is 0.513 bits per heavy atom. The molecule has 0 spiro atoms. The number of rotatable bonds is 8. The van der Waals surface area contributed by atoms with Gasteiger partial charge in [0, 0.05) is 0 Å². The first-order chi connectivity index (χ1) is 19.3. The lowest BCUT2D eigenvalue weighted by Crippen LogP contribution is -2.30. The Morgan fingerprint density at radius 2 is 0.949 bits per heavy atom. The standard InChI is InChI=1S/C37H36P2/c1-29(35-26-16-28-37(35)39(32-21-10-4-11-22-32)33-23-12-5-13-24-33)34-25-14-15-27-36(34)38(30-17-6-2-7-18-30)31-19-8-3-9-20-31/h2-15,17-25,27,29,35,37H,16,26,28H2,1H3/t29-,35?,37?/m0/s1. The van der Waals surface area contributed by atoms with Crippen LogP contribution in [0.1, 0.15) is 37.7 Å². The minimum atomic E-state index is -0.626. The zero-order chi connectivity index (χ0) is 26.4. The van der Waals surface area contributed by atoms with Crippen molar-refractivity contribution in [2.24, 2.45) is 5.92 Å². The fourth-order valence-corrected chi connectivity index (χ4v) is 12.3. The second-order valence-corrected chi connectivity index (χ2v) is 15.2. The van der Waals surface area contributed by atoms with Crippen LogP contribution in [-0.2, 0) is 0 Å². The molecular weight excluding hydrogens is 506 g/mol. The molecule has 3 atom stereocenters. The predicted molar refractivity (Wildman–Crippen MR) is 174 cm³/mol. The predicted octanol–water partition coefficient (Wildman–Crippen LogP) is 7.85. The molecular formula is C37H36P2. The van der Waals surface area contributed by atoms with Gasteiger partial charge in [0.2, 0.25) is 0 Å². The summed E-state index contributed by atoms with van der Waals surface area (Å²) in [5, 5.41) is 7.42. The normalized spacial score (nSPS) is 17.9. The van der Waals surface area contributed by atoms with E-state index in [0.717, 1.165) is 0 Å². The van der Waals surface area contributed by atoms with Gasteiger partial charge in [-0.05, 0) is 78.3 Å². The van der Waals surface area contributed by atoms with E-state index in [1.165, 1.54) is 45.8 Å². The fourth-order valence-electron chi connectivity index (χ4n) is 6.47. The number of hydrogen-bond acceptors (Lipinski definition) is 0. The van der Waals surface area contributed by atoms with Gasteiger partial charge in [-0.3, -0.25) is 0 Å². The zero-order valence-corrected chi connectivity index (χ0v) is 24.4. The smallest absolute Gasteiger partial charge is 0.00947 e. The molecule has 0 N–H and O–H groups in total. The van der Waals surface area contributed by atoms with Crippen LogP contribution in [0, 0.1) is 5.92 Å². The summed E-state index contributed by atoms with van der Waals surface area (Å²) in [6.07, 6.45) is 3.96. The molecule has 2 heteroatoms. The van der Waals surface area contributed by atoms with E-state index in [9.17, 15) is 0 Å². The van der Waals surface area contributed by atoms with E-state index in [1.807, 2.05) is 0 Å². The van der Waals surface area contributed by atoms with Crippen LogP contribution in [0.3, 0.4) is 0 Å². The van der Waals surface area contributed by atoms with Crippen molar-refractivity contribution in [2.75, 3.05) is 0 Å². The van der Waals surface area contributed by atoms with E-state index in [4.69, 9.17) is 0 Å². The first-order valence-corrected chi connectivity index (χ1v) is 16.9. The molecule has 0 nitrogen and oxygen atoms in total. The first kappa shape index (κ1) is 26.2. The van der Waals surface area contributed by atoms with Gasteiger partial charge in [0.15, 0.2) is 0 Å². The maximum Gasteiger partial charge on any atom is -0.00947 e. The van der Waals surface area contributed by atoms with Crippen molar-refractivity contribution in [1.29, 1.82) is 0 Å². The van der Waals surface area contributed by atoms with Crippen LogP contribution in [0.5, 0.6) is 0 Å². The molecule has 0 saturated heterocycles. The molecule has 0 bridgehead atoms. The molecule has 0 heterocycles. The quantitative estimate of drug-likeness (QED) is 0.175. The van der Waals surface area contributed by atoms with Crippen molar-refractivity contribution in [1.82, 2.24) is 0 Å². The third kappa shape index (κ3) is 5.65. The fraction of sp³-hybridized carbons (Fsp3) is 0.189. The van der Waals surface area contributed by atoms with Crippen molar-refractivity contribution in [3.8, 4) is 0 Å². The molecule has 194 valence electrons. The maximum absolute atomic E-state index is 2.52. The summed E-state index contributed by atoms with van der Waals surface area (Å²) in [4.78, 5) is 0. The lowest BCUT2D eigenvalue weighted by Gasteiger charge is -2.35. The molecule has 6 rings (SSSR count). The topological polar surface area (TPSA) is 0 Å². The minimum absolute atomic E-state index is 0.421. The first-order valence-electron chi connectivity index (χ1n) is 14.2. The molecule has 2 unspecified atom stereocenters. The van der Waals surface area contributed by atoms with Crippen LogP contribution in [0.15, 0.2) is 146 Å². The largest absolute Gasteiger partial charge is 0.0622 e. The second kappa shape index (κ2) is 12.4. The van der Waals surface area contributed by atoms with E-state index in [0.29, 0.717) is 17.5 Å². The van der Waals surface area contributed by atoms with Crippen molar-refractivity contribution in [3.63, 3.8) is 0 Å². The summed E-state index contributed by atoms with van der Waals surface area (Å²) in [5.41, 5.74) is 2.23. The summed E-state index contributed by atoms with van der Waals surface area (Å²) in [6, 6.07) is 54.4. The molecule has 0 radical (unpaired) electrons. The molecule has 5 aromatic carbocycles. The minimum Gasteiger partial charge on any atom is -0.0622 e. The highest BCUT2D eigenvalue weighted by molar-refractivity contribution is 7.80. The van der Waals surface area contributed by atoms with Gasteiger partial charge in [-0.25, -0.2) is 0 Å². The van der Waals surface area contributed by atoms with Crippen LogP contribution < -0.4 is 26.5 Å². The average molecular weight is 543 g/mol. The third-order valence-electron chi connectivity index (χ3n) is 8.27. The van der Waals surface area contributed by atoms with Crippen molar-refractivity contribution < 1.29 is 0 Å². The van der Waals surface area contributed by atoms with E-state index in [-0.39, 0.29) is 0 Å². The van der Waals surface area contributed by atoms with Crippen LogP contribution in [-0.4, -0.2) is 5.66 Å². The van der Waals surface area contributed by atoms with Gasteiger partial charge in [0.1, 0.15) is 0 Å². The van der Waals surface area contributed by atoms with Crippen LogP contribution in [0.25, 0.3) is 0 Å². The Labute approximate surface area is 236 Å².